The smallest absolute Gasteiger partial charge is 0.254 e. The number of aryl methyl sites for hydroxylation is 1. The average Bonchev–Trinajstić information content (AvgIpc) is 3.63. The molecule has 1 aliphatic heterocycles. The zero-order valence-electron chi connectivity index (χ0n) is 17.6. The lowest BCUT2D eigenvalue weighted by atomic mass is 9.78. The monoisotopic (exact) mass is 410 g/mol. The molecule has 1 N–H and O–H groups in total. The number of carbonyl (C=O) groups is 2. The minimum Gasteiger partial charge on any atom is -0.351 e. The molecule has 5 rings (SSSR count). The van der Waals surface area contributed by atoms with Crippen molar-refractivity contribution in [3.05, 3.63) is 107 Å². The first-order valence-electron chi connectivity index (χ1n) is 10.9. The molecule has 1 fully saturated rings. The largest absolute Gasteiger partial charge is 0.351 e. The number of hydrogen-bond acceptors (Lipinski definition) is 2. The molecule has 3 aromatic carbocycles. The van der Waals surface area contributed by atoms with Gasteiger partial charge in [-0.1, -0.05) is 78.4 Å². The highest BCUT2D eigenvalue weighted by atomic mass is 16.2. The fourth-order valence-electron chi connectivity index (χ4n) is 4.69. The van der Waals surface area contributed by atoms with E-state index in [1.165, 1.54) is 0 Å². The van der Waals surface area contributed by atoms with Crippen LogP contribution in [0, 0.1) is 6.92 Å². The molecule has 4 heteroatoms. The Morgan fingerprint density at radius 1 is 0.968 bits per heavy atom. The summed E-state index contributed by atoms with van der Waals surface area (Å²) in [6.45, 7) is 2.52. The summed E-state index contributed by atoms with van der Waals surface area (Å²) in [7, 11) is 0. The lowest BCUT2D eigenvalue weighted by Gasteiger charge is -2.42. The molecular weight excluding hydrogens is 384 g/mol. The minimum absolute atomic E-state index is 0.0386. The molecule has 0 radical (unpaired) electrons. The third kappa shape index (κ3) is 3.74. The highest BCUT2D eigenvalue weighted by Gasteiger charge is 2.48. The maximum absolute atomic E-state index is 13.6. The highest BCUT2D eigenvalue weighted by molar-refractivity contribution is 6.01. The summed E-state index contributed by atoms with van der Waals surface area (Å²) >= 11 is 0. The Bertz CT molecular complexity index is 1120. The van der Waals surface area contributed by atoms with Gasteiger partial charge >= 0.3 is 0 Å². The van der Waals surface area contributed by atoms with E-state index in [2.05, 4.69) is 11.4 Å². The van der Waals surface area contributed by atoms with Crippen LogP contribution in [-0.4, -0.2) is 22.8 Å². The molecule has 0 bridgehead atoms. The number of fused-ring (bicyclic) bond motifs is 1. The zero-order valence-corrected chi connectivity index (χ0v) is 17.6. The predicted molar refractivity (Wildman–Crippen MR) is 121 cm³/mol. The van der Waals surface area contributed by atoms with Crippen LogP contribution in [0.5, 0.6) is 0 Å². The van der Waals surface area contributed by atoms with E-state index >= 15 is 0 Å². The van der Waals surface area contributed by atoms with Crippen LogP contribution in [0.1, 0.15) is 57.4 Å². The van der Waals surface area contributed by atoms with Gasteiger partial charge in [-0.15, -0.1) is 0 Å². The fourth-order valence-corrected chi connectivity index (χ4v) is 4.69. The van der Waals surface area contributed by atoms with Crippen LogP contribution >= 0.6 is 0 Å². The molecule has 1 heterocycles. The van der Waals surface area contributed by atoms with Crippen molar-refractivity contribution in [1.82, 2.24) is 10.2 Å². The van der Waals surface area contributed by atoms with Gasteiger partial charge < -0.3 is 10.2 Å². The number of rotatable bonds is 5. The summed E-state index contributed by atoms with van der Waals surface area (Å²) in [5, 5.41) is 3.14. The SMILES string of the molecule is Cc1cccc([C@H]2[C@H](C(=O)NCc3ccccc3)c3ccccc3C(=O)N2C2CC2)c1. The number of nitrogens with zero attached hydrogens (tertiary/aromatic N) is 1. The van der Waals surface area contributed by atoms with Crippen molar-refractivity contribution in [1.29, 1.82) is 0 Å². The van der Waals surface area contributed by atoms with E-state index in [9.17, 15) is 9.59 Å². The summed E-state index contributed by atoms with van der Waals surface area (Å²) in [5.41, 5.74) is 4.68. The summed E-state index contributed by atoms with van der Waals surface area (Å²) in [5.74, 6) is -0.447. The van der Waals surface area contributed by atoms with Gasteiger partial charge in [-0.3, -0.25) is 9.59 Å². The van der Waals surface area contributed by atoms with E-state index in [1.54, 1.807) is 0 Å². The van der Waals surface area contributed by atoms with Crippen molar-refractivity contribution in [3.63, 3.8) is 0 Å². The topological polar surface area (TPSA) is 49.4 Å². The third-order valence-corrected chi connectivity index (χ3v) is 6.29. The Morgan fingerprint density at radius 2 is 1.71 bits per heavy atom. The lowest BCUT2D eigenvalue weighted by Crippen LogP contribution is -2.48. The number of nitrogens with one attached hydrogen (secondary N) is 1. The molecule has 2 aliphatic rings. The molecule has 3 aromatic rings. The first kappa shape index (κ1) is 19.6. The first-order valence-corrected chi connectivity index (χ1v) is 10.9. The van der Waals surface area contributed by atoms with Gasteiger partial charge in [0.05, 0.1) is 12.0 Å². The first-order chi connectivity index (χ1) is 15.1. The van der Waals surface area contributed by atoms with Crippen LogP contribution < -0.4 is 5.32 Å². The van der Waals surface area contributed by atoms with Gasteiger partial charge in [0.2, 0.25) is 5.91 Å². The van der Waals surface area contributed by atoms with Crippen molar-refractivity contribution in [3.8, 4) is 0 Å². The van der Waals surface area contributed by atoms with Crippen molar-refractivity contribution < 1.29 is 9.59 Å². The van der Waals surface area contributed by atoms with Gasteiger partial charge in [0.1, 0.15) is 0 Å². The van der Waals surface area contributed by atoms with Crippen LogP contribution in [0.3, 0.4) is 0 Å². The molecule has 1 aliphatic carbocycles. The van der Waals surface area contributed by atoms with E-state index in [1.807, 2.05) is 84.6 Å². The summed E-state index contributed by atoms with van der Waals surface area (Å²) < 4.78 is 0. The van der Waals surface area contributed by atoms with Gasteiger partial charge in [-0.2, -0.15) is 0 Å². The molecule has 0 aromatic heterocycles. The second-order valence-corrected chi connectivity index (χ2v) is 8.57. The van der Waals surface area contributed by atoms with E-state index in [4.69, 9.17) is 0 Å². The molecule has 156 valence electrons. The fraction of sp³-hybridized carbons (Fsp3) is 0.259. The quantitative estimate of drug-likeness (QED) is 0.660. The van der Waals surface area contributed by atoms with Crippen molar-refractivity contribution >= 4 is 11.8 Å². The Hall–Kier alpha value is -3.40. The maximum Gasteiger partial charge on any atom is 0.254 e. The molecule has 4 nitrogen and oxygen atoms in total. The van der Waals surface area contributed by atoms with Crippen LogP contribution in [0.15, 0.2) is 78.9 Å². The van der Waals surface area contributed by atoms with Crippen LogP contribution in [0.2, 0.25) is 0 Å². The number of carbonyl (C=O) groups excluding carboxylic acids is 2. The van der Waals surface area contributed by atoms with E-state index < -0.39 is 5.92 Å². The third-order valence-electron chi connectivity index (χ3n) is 6.29. The second-order valence-electron chi connectivity index (χ2n) is 8.57. The average molecular weight is 411 g/mol. The van der Waals surface area contributed by atoms with Crippen molar-refractivity contribution in [2.45, 2.75) is 44.3 Å². The maximum atomic E-state index is 13.6. The summed E-state index contributed by atoms with van der Waals surface area (Å²) in [4.78, 5) is 29.1. The Kier molecular flexibility index (Phi) is 5.06. The second kappa shape index (κ2) is 8.03. The molecule has 2 atom stereocenters. The Labute approximate surface area is 182 Å². The standard InChI is InChI=1S/C27H26N2O2/c1-18-8-7-11-20(16-18)25-24(26(30)28-17-19-9-3-2-4-10-19)22-12-5-6-13-23(22)27(31)29(25)21-14-15-21/h2-13,16,21,24-25H,14-15,17H2,1H3,(H,28,30)/t24-,25+/m1/s1. The molecular formula is C27H26N2O2. The van der Waals surface area contributed by atoms with Crippen molar-refractivity contribution in [2.24, 2.45) is 0 Å². The number of hydrogen-bond donors (Lipinski definition) is 1. The predicted octanol–water partition coefficient (Wildman–Crippen LogP) is 4.75. The normalized spacial score (nSPS) is 20.3. The molecule has 0 saturated heterocycles. The number of amides is 2. The molecule has 1 saturated carbocycles. The molecule has 2 amide bonds. The summed E-state index contributed by atoms with van der Waals surface area (Å²) in [6, 6.07) is 25.7. The molecule has 31 heavy (non-hydrogen) atoms. The van der Waals surface area contributed by atoms with E-state index in [0.29, 0.717) is 12.1 Å². The lowest BCUT2D eigenvalue weighted by molar-refractivity contribution is -0.124. The van der Waals surface area contributed by atoms with Gasteiger partial charge in [0, 0.05) is 18.2 Å². The summed E-state index contributed by atoms with van der Waals surface area (Å²) in [6.07, 6.45) is 1.99. The van der Waals surface area contributed by atoms with E-state index in [0.717, 1.165) is 35.1 Å². The van der Waals surface area contributed by atoms with Crippen molar-refractivity contribution in [2.75, 3.05) is 0 Å². The van der Waals surface area contributed by atoms with Gasteiger partial charge in [0.25, 0.3) is 5.91 Å². The number of benzene rings is 3. The van der Waals surface area contributed by atoms with Crippen LogP contribution in [0.25, 0.3) is 0 Å². The Morgan fingerprint density at radius 3 is 2.45 bits per heavy atom. The van der Waals surface area contributed by atoms with Crippen LogP contribution in [-0.2, 0) is 11.3 Å². The highest BCUT2D eigenvalue weighted by Crippen LogP contribution is 2.47. The van der Waals surface area contributed by atoms with Gasteiger partial charge in [-0.25, -0.2) is 0 Å². The minimum atomic E-state index is -0.444. The molecule has 0 spiro atoms. The molecule has 0 unspecified atom stereocenters. The van der Waals surface area contributed by atoms with Gasteiger partial charge in [0.15, 0.2) is 0 Å². The van der Waals surface area contributed by atoms with E-state index in [-0.39, 0.29) is 23.9 Å². The Balaban J connectivity index is 1.58. The van der Waals surface area contributed by atoms with Crippen LogP contribution in [0.4, 0.5) is 0 Å². The zero-order chi connectivity index (χ0) is 21.4. The van der Waals surface area contributed by atoms with Gasteiger partial charge in [-0.05, 0) is 42.5 Å².